The maximum absolute atomic E-state index is 11.8. The number of carbonyl (C=O) groups excluding carboxylic acids is 2. The number of benzene rings is 1. The van der Waals surface area contributed by atoms with Crippen LogP contribution < -0.4 is 5.32 Å². The Hall–Kier alpha value is -1.85. The van der Waals surface area contributed by atoms with Crippen LogP contribution in [-0.4, -0.2) is 34.8 Å². The Morgan fingerprint density at radius 2 is 2.25 bits per heavy atom. The van der Waals surface area contributed by atoms with Crippen LogP contribution in [0.15, 0.2) is 24.4 Å². The second kappa shape index (κ2) is 4.92. The van der Waals surface area contributed by atoms with Crippen molar-refractivity contribution >= 4 is 34.3 Å². The number of carbonyl (C=O) groups is 2. The third kappa shape index (κ3) is 2.19. The maximum atomic E-state index is 11.8. The zero-order valence-corrected chi connectivity index (χ0v) is 11.7. The molecule has 1 fully saturated rings. The molecule has 3 rings (SSSR count). The molecule has 5 nitrogen and oxygen atoms in total. The van der Waals surface area contributed by atoms with Crippen molar-refractivity contribution in [2.24, 2.45) is 0 Å². The number of rotatable bonds is 3. The predicted molar refractivity (Wildman–Crippen MR) is 76.3 cm³/mol. The van der Waals surface area contributed by atoms with E-state index in [9.17, 15) is 9.59 Å². The molecule has 104 valence electrons. The van der Waals surface area contributed by atoms with Crippen LogP contribution in [0.25, 0.3) is 10.9 Å². The number of likely N-dealkylation sites (N-methyl/N-ethyl adjacent to an activating group) is 1. The van der Waals surface area contributed by atoms with Gasteiger partial charge >= 0.3 is 0 Å². The van der Waals surface area contributed by atoms with Crippen molar-refractivity contribution in [2.45, 2.75) is 19.0 Å². The average molecular weight is 292 g/mol. The van der Waals surface area contributed by atoms with Gasteiger partial charge in [-0.2, -0.15) is 0 Å². The monoisotopic (exact) mass is 291 g/mol. The fourth-order valence-corrected chi connectivity index (χ4v) is 2.63. The van der Waals surface area contributed by atoms with Crippen LogP contribution in [0.4, 0.5) is 0 Å². The van der Waals surface area contributed by atoms with Crippen molar-refractivity contribution in [1.82, 2.24) is 15.2 Å². The Bertz CT molecular complexity index is 695. The molecule has 1 aliphatic rings. The summed E-state index contributed by atoms with van der Waals surface area (Å²) in [5.41, 5.74) is 2.01. The molecule has 6 heteroatoms. The van der Waals surface area contributed by atoms with Gasteiger partial charge in [0.25, 0.3) is 0 Å². The summed E-state index contributed by atoms with van der Waals surface area (Å²) in [6.45, 7) is 0.527. The van der Waals surface area contributed by atoms with Gasteiger partial charge in [-0.25, -0.2) is 0 Å². The number of fused-ring (bicyclic) bond motifs is 1. The van der Waals surface area contributed by atoms with Crippen LogP contribution in [0.5, 0.6) is 0 Å². The van der Waals surface area contributed by atoms with Gasteiger partial charge < -0.3 is 10.3 Å². The number of H-pyrrole nitrogens is 1. The van der Waals surface area contributed by atoms with Crippen LogP contribution in [0.3, 0.4) is 0 Å². The molecule has 0 radical (unpaired) electrons. The molecule has 1 aliphatic heterocycles. The van der Waals surface area contributed by atoms with E-state index in [4.69, 9.17) is 11.6 Å². The van der Waals surface area contributed by atoms with Gasteiger partial charge in [0.1, 0.15) is 0 Å². The van der Waals surface area contributed by atoms with Gasteiger partial charge in [-0.1, -0.05) is 17.7 Å². The van der Waals surface area contributed by atoms with E-state index in [1.165, 1.54) is 11.9 Å². The standard InChI is InChI=1S/C14H14ClN3O2/c1-18-13(19)5-12(14(18)20)17-7-8-6-16-11-4-9(15)2-3-10(8)11/h2-4,6,12,16-17H,5,7H2,1H3. The maximum Gasteiger partial charge on any atom is 0.246 e. The largest absolute Gasteiger partial charge is 0.361 e. The predicted octanol–water partition coefficient (Wildman–Crippen LogP) is 1.67. The lowest BCUT2D eigenvalue weighted by Crippen LogP contribution is -2.36. The molecule has 0 bridgehead atoms. The van der Waals surface area contributed by atoms with Crippen LogP contribution in [-0.2, 0) is 16.1 Å². The molecule has 2 aromatic rings. The highest BCUT2D eigenvalue weighted by atomic mass is 35.5. The summed E-state index contributed by atoms with van der Waals surface area (Å²) in [6.07, 6.45) is 2.11. The third-order valence-electron chi connectivity index (χ3n) is 3.65. The van der Waals surface area contributed by atoms with Crippen molar-refractivity contribution in [1.29, 1.82) is 0 Å². The van der Waals surface area contributed by atoms with E-state index < -0.39 is 6.04 Å². The Balaban J connectivity index is 1.75. The van der Waals surface area contributed by atoms with Crippen LogP contribution in [0, 0.1) is 0 Å². The molecular formula is C14H14ClN3O2. The number of aromatic nitrogens is 1. The van der Waals surface area contributed by atoms with Gasteiger partial charge in [0.15, 0.2) is 0 Å². The van der Waals surface area contributed by atoms with Gasteiger partial charge in [-0.15, -0.1) is 0 Å². The molecule has 1 aromatic heterocycles. The minimum atomic E-state index is -0.426. The zero-order valence-electron chi connectivity index (χ0n) is 10.9. The summed E-state index contributed by atoms with van der Waals surface area (Å²) in [6, 6.07) is 5.21. The fraction of sp³-hybridized carbons (Fsp3) is 0.286. The van der Waals surface area contributed by atoms with E-state index in [0.29, 0.717) is 11.6 Å². The second-order valence-electron chi connectivity index (χ2n) is 4.93. The molecule has 1 atom stereocenters. The number of hydrogen-bond donors (Lipinski definition) is 2. The number of aromatic amines is 1. The first-order valence-corrected chi connectivity index (χ1v) is 6.73. The first kappa shape index (κ1) is 13.1. The molecule has 2 heterocycles. The Morgan fingerprint density at radius 1 is 1.45 bits per heavy atom. The topological polar surface area (TPSA) is 65.2 Å². The summed E-state index contributed by atoms with van der Waals surface area (Å²) in [7, 11) is 1.51. The Morgan fingerprint density at radius 3 is 2.95 bits per heavy atom. The number of imide groups is 1. The molecule has 20 heavy (non-hydrogen) atoms. The molecule has 0 spiro atoms. The minimum absolute atomic E-state index is 0.141. The second-order valence-corrected chi connectivity index (χ2v) is 5.37. The summed E-state index contributed by atoms with van der Waals surface area (Å²) in [5, 5.41) is 4.88. The van der Waals surface area contributed by atoms with E-state index in [-0.39, 0.29) is 18.2 Å². The van der Waals surface area contributed by atoms with Gasteiger partial charge in [0, 0.05) is 35.7 Å². The molecule has 1 saturated heterocycles. The zero-order chi connectivity index (χ0) is 14.3. The highest BCUT2D eigenvalue weighted by Gasteiger charge is 2.35. The van der Waals surface area contributed by atoms with Gasteiger partial charge in [0.05, 0.1) is 12.5 Å². The van der Waals surface area contributed by atoms with E-state index >= 15 is 0 Å². The summed E-state index contributed by atoms with van der Waals surface area (Å²) >= 11 is 5.94. The number of likely N-dealkylation sites (tertiary alicyclic amines) is 1. The van der Waals surface area contributed by atoms with E-state index in [0.717, 1.165) is 16.5 Å². The molecule has 0 saturated carbocycles. The quantitative estimate of drug-likeness (QED) is 0.846. The summed E-state index contributed by atoms with van der Waals surface area (Å²) in [5.74, 6) is -0.309. The van der Waals surface area contributed by atoms with Gasteiger partial charge in [-0.05, 0) is 17.7 Å². The van der Waals surface area contributed by atoms with Gasteiger partial charge in [-0.3, -0.25) is 14.5 Å². The highest BCUT2D eigenvalue weighted by molar-refractivity contribution is 6.31. The molecule has 2 N–H and O–H groups in total. The Kier molecular flexibility index (Phi) is 3.23. The molecule has 0 aliphatic carbocycles. The number of nitrogens with one attached hydrogen (secondary N) is 2. The van der Waals surface area contributed by atoms with Crippen molar-refractivity contribution in [2.75, 3.05) is 7.05 Å². The fourth-order valence-electron chi connectivity index (χ4n) is 2.45. The summed E-state index contributed by atoms with van der Waals surface area (Å²) in [4.78, 5) is 27.6. The normalized spacial score (nSPS) is 19.3. The number of nitrogens with zero attached hydrogens (tertiary/aromatic N) is 1. The first-order chi connectivity index (χ1) is 9.56. The summed E-state index contributed by atoms with van der Waals surface area (Å²) < 4.78 is 0. The Labute approximate surface area is 120 Å². The van der Waals surface area contributed by atoms with E-state index in [1.807, 2.05) is 24.4 Å². The molecular weight excluding hydrogens is 278 g/mol. The SMILES string of the molecule is CN1C(=O)CC(NCc2c[nH]c3cc(Cl)ccc23)C1=O. The van der Waals surface area contributed by atoms with Crippen molar-refractivity contribution in [3.05, 3.63) is 35.0 Å². The number of halogens is 1. The third-order valence-corrected chi connectivity index (χ3v) is 3.89. The highest BCUT2D eigenvalue weighted by Crippen LogP contribution is 2.22. The average Bonchev–Trinajstić information content (AvgIpc) is 2.93. The lowest BCUT2D eigenvalue weighted by molar-refractivity contribution is -0.137. The van der Waals surface area contributed by atoms with Crippen LogP contribution >= 0.6 is 11.6 Å². The van der Waals surface area contributed by atoms with Crippen molar-refractivity contribution in [3.8, 4) is 0 Å². The number of amides is 2. The number of hydrogen-bond acceptors (Lipinski definition) is 3. The minimum Gasteiger partial charge on any atom is -0.361 e. The first-order valence-electron chi connectivity index (χ1n) is 6.35. The molecule has 2 amide bonds. The van der Waals surface area contributed by atoms with Crippen LogP contribution in [0.2, 0.25) is 5.02 Å². The smallest absolute Gasteiger partial charge is 0.246 e. The van der Waals surface area contributed by atoms with E-state index in [1.54, 1.807) is 0 Å². The lowest BCUT2D eigenvalue weighted by atomic mass is 10.1. The van der Waals surface area contributed by atoms with Gasteiger partial charge in [0.2, 0.25) is 11.8 Å². The van der Waals surface area contributed by atoms with Crippen LogP contribution in [0.1, 0.15) is 12.0 Å². The molecule has 1 unspecified atom stereocenters. The molecule has 1 aromatic carbocycles. The van der Waals surface area contributed by atoms with Crippen molar-refractivity contribution < 1.29 is 9.59 Å². The van der Waals surface area contributed by atoms with E-state index in [2.05, 4.69) is 10.3 Å². The lowest BCUT2D eigenvalue weighted by Gasteiger charge is -2.10. The van der Waals surface area contributed by atoms with Crippen molar-refractivity contribution in [3.63, 3.8) is 0 Å².